The molecule has 2 nitrogen and oxygen atoms in total. The van der Waals surface area contributed by atoms with Gasteiger partial charge in [-0.25, -0.2) is 0 Å². The van der Waals surface area contributed by atoms with Gasteiger partial charge >= 0.3 is 0 Å². The van der Waals surface area contributed by atoms with Gasteiger partial charge in [0, 0.05) is 18.1 Å². The summed E-state index contributed by atoms with van der Waals surface area (Å²) < 4.78 is 0. The van der Waals surface area contributed by atoms with Crippen LogP contribution in [0.4, 0.5) is 0 Å². The highest BCUT2D eigenvalue weighted by Gasteiger charge is 2.18. The summed E-state index contributed by atoms with van der Waals surface area (Å²) in [5.74, 6) is 0. The molecule has 0 fully saturated rings. The molecule has 0 saturated carbocycles. The van der Waals surface area contributed by atoms with Gasteiger partial charge in [0.25, 0.3) is 0 Å². The molecule has 0 saturated heterocycles. The SMILES string of the molecule is C=CCN(CCCCNC(C)C)C(C)(C)C. The highest BCUT2D eigenvalue weighted by molar-refractivity contribution is 4.82. The van der Waals surface area contributed by atoms with Crippen LogP contribution in [-0.2, 0) is 0 Å². The maximum Gasteiger partial charge on any atom is 0.0165 e. The quantitative estimate of drug-likeness (QED) is 0.505. The summed E-state index contributed by atoms with van der Waals surface area (Å²) in [7, 11) is 0. The fourth-order valence-corrected chi connectivity index (χ4v) is 1.67. The number of nitrogens with zero attached hydrogens (tertiary/aromatic N) is 1. The average Bonchev–Trinajstić information content (AvgIpc) is 2.13. The predicted molar refractivity (Wildman–Crippen MR) is 73.9 cm³/mol. The molecule has 0 aromatic carbocycles. The van der Waals surface area contributed by atoms with Crippen molar-refractivity contribution in [2.24, 2.45) is 0 Å². The largest absolute Gasteiger partial charge is 0.315 e. The van der Waals surface area contributed by atoms with Crippen LogP contribution in [0.5, 0.6) is 0 Å². The zero-order valence-electron chi connectivity index (χ0n) is 11.8. The zero-order chi connectivity index (χ0) is 12.6. The van der Waals surface area contributed by atoms with Crippen molar-refractivity contribution in [2.45, 2.75) is 59.0 Å². The van der Waals surface area contributed by atoms with Gasteiger partial charge in [-0.15, -0.1) is 6.58 Å². The normalized spacial score (nSPS) is 12.4. The molecule has 0 bridgehead atoms. The van der Waals surface area contributed by atoms with E-state index in [0.717, 1.165) is 19.6 Å². The van der Waals surface area contributed by atoms with E-state index in [-0.39, 0.29) is 5.54 Å². The summed E-state index contributed by atoms with van der Waals surface area (Å²) in [5.41, 5.74) is 0.250. The minimum Gasteiger partial charge on any atom is -0.315 e. The first-order valence-electron chi connectivity index (χ1n) is 6.47. The maximum absolute atomic E-state index is 3.83. The van der Waals surface area contributed by atoms with E-state index < -0.39 is 0 Å². The van der Waals surface area contributed by atoms with Gasteiger partial charge in [-0.05, 0) is 46.7 Å². The summed E-state index contributed by atoms with van der Waals surface area (Å²) >= 11 is 0. The van der Waals surface area contributed by atoms with E-state index >= 15 is 0 Å². The van der Waals surface area contributed by atoms with Gasteiger partial charge < -0.3 is 5.32 Å². The maximum atomic E-state index is 3.83. The lowest BCUT2D eigenvalue weighted by Crippen LogP contribution is -2.42. The minimum absolute atomic E-state index is 0.250. The van der Waals surface area contributed by atoms with Crippen LogP contribution in [0.15, 0.2) is 12.7 Å². The van der Waals surface area contributed by atoms with Crippen molar-refractivity contribution < 1.29 is 0 Å². The Labute approximate surface area is 102 Å². The Morgan fingerprint density at radius 2 is 1.88 bits per heavy atom. The number of rotatable bonds is 8. The Hall–Kier alpha value is -0.340. The van der Waals surface area contributed by atoms with E-state index in [4.69, 9.17) is 0 Å². The molecular formula is C14H30N2. The van der Waals surface area contributed by atoms with Crippen molar-refractivity contribution in [1.29, 1.82) is 0 Å². The van der Waals surface area contributed by atoms with Gasteiger partial charge in [-0.1, -0.05) is 19.9 Å². The van der Waals surface area contributed by atoms with Crippen LogP contribution in [0.3, 0.4) is 0 Å². The Morgan fingerprint density at radius 1 is 1.25 bits per heavy atom. The monoisotopic (exact) mass is 226 g/mol. The molecule has 2 heteroatoms. The predicted octanol–water partition coefficient (Wildman–Crippen LogP) is 3.05. The third-order valence-electron chi connectivity index (χ3n) is 2.71. The molecule has 96 valence electrons. The molecule has 0 radical (unpaired) electrons. The lowest BCUT2D eigenvalue weighted by Gasteiger charge is -2.34. The molecular weight excluding hydrogens is 196 g/mol. The third kappa shape index (κ3) is 7.89. The van der Waals surface area contributed by atoms with Crippen LogP contribution >= 0.6 is 0 Å². The molecule has 0 aliphatic carbocycles. The van der Waals surface area contributed by atoms with Crippen molar-refractivity contribution in [3.63, 3.8) is 0 Å². The lowest BCUT2D eigenvalue weighted by molar-refractivity contribution is 0.151. The van der Waals surface area contributed by atoms with Gasteiger partial charge in [0.1, 0.15) is 0 Å². The zero-order valence-corrected chi connectivity index (χ0v) is 11.8. The fourth-order valence-electron chi connectivity index (χ4n) is 1.67. The van der Waals surface area contributed by atoms with E-state index in [1.54, 1.807) is 0 Å². The summed E-state index contributed by atoms with van der Waals surface area (Å²) in [6, 6.07) is 0.604. The molecule has 0 aromatic rings. The summed E-state index contributed by atoms with van der Waals surface area (Å²) in [4.78, 5) is 2.48. The summed E-state index contributed by atoms with van der Waals surface area (Å²) in [6.45, 7) is 18.3. The van der Waals surface area contributed by atoms with Crippen LogP contribution < -0.4 is 5.32 Å². The minimum atomic E-state index is 0.250. The van der Waals surface area contributed by atoms with Gasteiger partial charge in [0.15, 0.2) is 0 Å². The highest BCUT2D eigenvalue weighted by atomic mass is 15.2. The standard InChI is InChI=1S/C14H30N2/c1-7-11-16(14(4,5)6)12-9-8-10-15-13(2)3/h7,13,15H,1,8-12H2,2-6H3. The Balaban J connectivity index is 3.73. The van der Waals surface area contributed by atoms with Crippen molar-refractivity contribution in [1.82, 2.24) is 10.2 Å². The Bertz CT molecular complexity index is 180. The average molecular weight is 226 g/mol. The molecule has 0 heterocycles. The molecule has 0 rings (SSSR count). The third-order valence-corrected chi connectivity index (χ3v) is 2.71. The van der Waals surface area contributed by atoms with Crippen LogP contribution in [0.1, 0.15) is 47.5 Å². The molecule has 0 aliphatic rings. The molecule has 0 amide bonds. The lowest BCUT2D eigenvalue weighted by atomic mass is 10.1. The Kier molecular flexibility index (Phi) is 7.69. The fraction of sp³-hybridized carbons (Fsp3) is 0.857. The van der Waals surface area contributed by atoms with Crippen LogP contribution in [-0.4, -0.2) is 36.1 Å². The van der Waals surface area contributed by atoms with Crippen molar-refractivity contribution in [3.05, 3.63) is 12.7 Å². The molecule has 0 aliphatic heterocycles. The van der Waals surface area contributed by atoms with Crippen LogP contribution in [0.2, 0.25) is 0 Å². The molecule has 16 heavy (non-hydrogen) atoms. The number of nitrogens with one attached hydrogen (secondary N) is 1. The first kappa shape index (κ1) is 15.7. The number of hydrogen-bond acceptors (Lipinski definition) is 2. The van der Waals surface area contributed by atoms with Crippen molar-refractivity contribution >= 4 is 0 Å². The number of unbranched alkanes of at least 4 members (excludes halogenated alkanes) is 1. The first-order chi connectivity index (χ1) is 7.38. The van der Waals surface area contributed by atoms with Crippen LogP contribution in [0.25, 0.3) is 0 Å². The smallest absolute Gasteiger partial charge is 0.0165 e. The second kappa shape index (κ2) is 7.86. The topological polar surface area (TPSA) is 15.3 Å². The van der Waals surface area contributed by atoms with Crippen molar-refractivity contribution in [3.8, 4) is 0 Å². The number of hydrogen-bond donors (Lipinski definition) is 1. The van der Waals surface area contributed by atoms with E-state index in [0.29, 0.717) is 6.04 Å². The molecule has 0 aromatic heterocycles. The van der Waals surface area contributed by atoms with Crippen molar-refractivity contribution in [2.75, 3.05) is 19.6 Å². The van der Waals surface area contributed by atoms with E-state index in [1.807, 2.05) is 6.08 Å². The Morgan fingerprint density at radius 3 is 2.31 bits per heavy atom. The second-order valence-electron chi connectivity index (χ2n) is 5.72. The van der Waals surface area contributed by atoms with Crippen LogP contribution in [0, 0.1) is 0 Å². The second-order valence-corrected chi connectivity index (χ2v) is 5.72. The molecule has 0 spiro atoms. The van der Waals surface area contributed by atoms with E-state index in [1.165, 1.54) is 12.8 Å². The molecule has 0 atom stereocenters. The van der Waals surface area contributed by atoms with Gasteiger partial charge in [-0.3, -0.25) is 4.90 Å². The van der Waals surface area contributed by atoms with E-state index in [9.17, 15) is 0 Å². The van der Waals surface area contributed by atoms with Gasteiger partial charge in [-0.2, -0.15) is 0 Å². The molecule has 0 unspecified atom stereocenters. The highest BCUT2D eigenvalue weighted by Crippen LogP contribution is 2.13. The summed E-state index contributed by atoms with van der Waals surface area (Å²) in [6.07, 6.45) is 4.50. The molecule has 1 N–H and O–H groups in total. The summed E-state index contributed by atoms with van der Waals surface area (Å²) in [5, 5.41) is 3.45. The van der Waals surface area contributed by atoms with Gasteiger partial charge in [0.2, 0.25) is 0 Å². The van der Waals surface area contributed by atoms with E-state index in [2.05, 4.69) is 51.4 Å². The first-order valence-corrected chi connectivity index (χ1v) is 6.47. The van der Waals surface area contributed by atoms with Gasteiger partial charge in [0.05, 0.1) is 0 Å².